The molecule has 0 aliphatic carbocycles. The van der Waals surface area contributed by atoms with Crippen molar-refractivity contribution in [3.05, 3.63) is 52.1 Å². The van der Waals surface area contributed by atoms with Gasteiger partial charge in [0.2, 0.25) is 17.7 Å². The van der Waals surface area contributed by atoms with E-state index in [0.29, 0.717) is 35.7 Å². The van der Waals surface area contributed by atoms with Crippen LogP contribution in [0.5, 0.6) is 0 Å². The third-order valence-corrected chi connectivity index (χ3v) is 14.1. The zero-order chi connectivity index (χ0) is 40.8. The molecule has 8 atom stereocenters. The number of likely N-dealkylation sites (N-methyl/N-ethyl adjacent to an activating group) is 1. The van der Waals surface area contributed by atoms with Crippen molar-refractivity contribution in [1.82, 2.24) is 15.5 Å². The summed E-state index contributed by atoms with van der Waals surface area (Å²) >= 11 is 6.76. The number of aliphatic hydroxyl groups is 1. The Balaban J connectivity index is 1.55. The molecule has 4 rings (SSSR count). The zero-order valence-corrected chi connectivity index (χ0v) is 35.5. The van der Waals surface area contributed by atoms with E-state index >= 15 is 0 Å². The summed E-state index contributed by atoms with van der Waals surface area (Å²) < 4.78 is 17.9. The van der Waals surface area contributed by atoms with Gasteiger partial charge in [0.25, 0.3) is 0 Å². The number of ether oxygens (including phenoxy) is 3. The van der Waals surface area contributed by atoms with E-state index in [1.54, 1.807) is 45.7 Å². The summed E-state index contributed by atoms with van der Waals surface area (Å²) in [5, 5.41) is 17.4. The fraction of sp³-hybridized carbons (Fsp3) is 0.615. The van der Waals surface area contributed by atoms with E-state index in [1.807, 2.05) is 51.1 Å². The fourth-order valence-electron chi connectivity index (χ4n) is 6.63. The molecular weight excluding hydrogens is 768 g/mol. The predicted molar refractivity (Wildman–Crippen MR) is 216 cm³/mol. The number of esters is 1. The summed E-state index contributed by atoms with van der Waals surface area (Å²) in [4.78, 5) is 68.1. The van der Waals surface area contributed by atoms with Crippen molar-refractivity contribution in [2.45, 2.75) is 121 Å². The van der Waals surface area contributed by atoms with Crippen LogP contribution in [-0.4, -0.2) is 108 Å². The van der Waals surface area contributed by atoms with Crippen molar-refractivity contribution in [2.75, 3.05) is 31.8 Å². The molecule has 3 aliphatic heterocycles. The van der Waals surface area contributed by atoms with Crippen LogP contribution in [0, 0.1) is 12.8 Å². The molecule has 4 bridgehead atoms. The molecule has 1 aromatic rings. The number of hydrogen-bond donors (Lipinski definition) is 3. The number of aryl methyl sites for hydroxylation is 1. The maximum Gasteiger partial charge on any atom is 0.409 e. The molecule has 13 nitrogen and oxygen atoms in total. The van der Waals surface area contributed by atoms with Gasteiger partial charge in [-0.15, -0.1) is 0 Å². The summed E-state index contributed by atoms with van der Waals surface area (Å²) in [5.41, 5.74) is 0.278. The van der Waals surface area contributed by atoms with Crippen molar-refractivity contribution < 1.29 is 43.3 Å². The number of allylic oxidation sites excluding steroid dienone is 3. The second-order valence-electron chi connectivity index (χ2n) is 15.0. The second-order valence-corrected chi connectivity index (χ2v) is 18.3. The van der Waals surface area contributed by atoms with Gasteiger partial charge in [0.1, 0.15) is 35.7 Å². The molecule has 1 aromatic carbocycles. The normalized spacial score (nSPS) is 29.4. The Kier molecular flexibility index (Phi) is 15.2. The van der Waals surface area contributed by atoms with Gasteiger partial charge in [-0.25, -0.2) is 9.59 Å². The molecular formula is C39H55ClN4O9S2. The van der Waals surface area contributed by atoms with Crippen LogP contribution in [-0.2, 0) is 39.8 Å². The highest BCUT2D eigenvalue weighted by Crippen LogP contribution is 2.48. The first-order valence-electron chi connectivity index (χ1n) is 18.5. The van der Waals surface area contributed by atoms with Gasteiger partial charge >= 0.3 is 12.1 Å². The van der Waals surface area contributed by atoms with Gasteiger partial charge < -0.3 is 34.4 Å². The average molecular weight is 823 g/mol. The molecule has 3 N–H and O–H groups in total. The van der Waals surface area contributed by atoms with Gasteiger partial charge in [0.15, 0.2) is 0 Å². The van der Waals surface area contributed by atoms with Crippen LogP contribution in [0.2, 0.25) is 5.02 Å². The van der Waals surface area contributed by atoms with Crippen LogP contribution in [0.15, 0.2) is 35.9 Å². The molecule has 0 saturated carbocycles. The summed E-state index contributed by atoms with van der Waals surface area (Å²) in [6.45, 7) is 10.9. The van der Waals surface area contributed by atoms with E-state index in [9.17, 15) is 29.1 Å². The average Bonchev–Trinajstić information content (AvgIpc) is 3.83. The van der Waals surface area contributed by atoms with Gasteiger partial charge in [0.05, 0.1) is 17.1 Å². The van der Waals surface area contributed by atoms with E-state index in [0.717, 1.165) is 16.7 Å². The van der Waals surface area contributed by atoms with Gasteiger partial charge in [-0.1, -0.05) is 76.9 Å². The Morgan fingerprint density at radius 1 is 1.22 bits per heavy atom. The lowest BCUT2D eigenvalue weighted by atomic mass is 9.85. The van der Waals surface area contributed by atoms with Gasteiger partial charge in [0, 0.05) is 57.3 Å². The van der Waals surface area contributed by atoms with Crippen molar-refractivity contribution in [3.8, 4) is 0 Å². The third kappa shape index (κ3) is 11.2. The fourth-order valence-corrected chi connectivity index (χ4v) is 9.19. The predicted octanol–water partition coefficient (Wildman–Crippen LogP) is 5.49. The first-order chi connectivity index (χ1) is 25.8. The Morgan fingerprint density at radius 2 is 1.93 bits per heavy atom. The number of fused-ring (bicyclic) bond motifs is 6. The number of epoxide rings is 1. The van der Waals surface area contributed by atoms with Crippen LogP contribution in [0.4, 0.5) is 10.5 Å². The van der Waals surface area contributed by atoms with E-state index < -0.39 is 59.6 Å². The molecule has 3 heterocycles. The zero-order valence-electron chi connectivity index (χ0n) is 33.1. The minimum absolute atomic E-state index is 0.0144. The standard InChI is InChI=1S/C39H55ClN4O9S2/c1-22-11-10-12-24(3)39(50)21-29(51-37(49)42-39)35-38(6,53-35)30(20-33(47)44(9)28-19-27(17-22)18-23(2)34(28)40)52-36(48)26(5)43(8)32(46)15-16-54-55-25(4)13-14-31(45)41-7/h10-12,18-19,24-26,29-30,35,50H,13-17,20-21H2,1-9H3,(H,41,45)(H,42,49)/b12-10+,22-11+. The molecule has 0 aromatic heterocycles. The summed E-state index contributed by atoms with van der Waals surface area (Å²) in [5.74, 6) is -1.44. The lowest BCUT2D eigenvalue weighted by Gasteiger charge is -2.40. The van der Waals surface area contributed by atoms with Gasteiger partial charge in [-0.05, 0) is 57.7 Å². The number of carbonyl (C=O) groups excluding carboxylic acids is 5. The molecule has 0 spiro atoms. The number of alkyl carbamates (subject to hydrolysis) is 1. The van der Waals surface area contributed by atoms with Crippen molar-refractivity contribution >= 4 is 68.7 Å². The first-order valence-corrected chi connectivity index (χ1v) is 21.3. The van der Waals surface area contributed by atoms with Crippen molar-refractivity contribution in [3.63, 3.8) is 0 Å². The smallest absolute Gasteiger partial charge is 0.409 e. The number of halogens is 1. The highest BCUT2D eigenvalue weighted by atomic mass is 35.5. The number of rotatable bonds is 11. The summed E-state index contributed by atoms with van der Waals surface area (Å²) in [7, 11) is 7.87. The molecule has 2 fully saturated rings. The number of nitrogens with one attached hydrogen (secondary N) is 2. The molecule has 16 heteroatoms. The Hall–Kier alpha value is -3.24. The van der Waals surface area contributed by atoms with E-state index in [2.05, 4.69) is 10.6 Å². The van der Waals surface area contributed by atoms with Crippen molar-refractivity contribution in [1.29, 1.82) is 0 Å². The molecule has 2 saturated heterocycles. The Bertz CT molecular complexity index is 1690. The van der Waals surface area contributed by atoms with E-state index in [4.69, 9.17) is 25.8 Å². The third-order valence-electron chi connectivity index (χ3n) is 10.6. The number of carbonyl (C=O) groups is 5. The minimum atomic E-state index is -1.67. The highest BCUT2D eigenvalue weighted by Gasteiger charge is 2.66. The number of nitrogens with zero attached hydrogens (tertiary/aromatic N) is 2. The van der Waals surface area contributed by atoms with Gasteiger partial charge in [-0.2, -0.15) is 0 Å². The lowest BCUT2D eigenvalue weighted by Crippen LogP contribution is -2.60. The summed E-state index contributed by atoms with van der Waals surface area (Å²) in [6, 6.07) is 2.83. The maximum absolute atomic E-state index is 14.1. The second kappa shape index (κ2) is 18.8. The van der Waals surface area contributed by atoms with Gasteiger partial charge in [-0.3, -0.25) is 19.7 Å². The monoisotopic (exact) mass is 822 g/mol. The highest BCUT2D eigenvalue weighted by molar-refractivity contribution is 8.76. The van der Waals surface area contributed by atoms with Crippen LogP contribution in [0.1, 0.15) is 77.8 Å². The van der Waals surface area contributed by atoms with Crippen LogP contribution in [0.25, 0.3) is 0 Å². The SMILES string of the molecule is CNC(=O)CCC(C)SSCCC(=O)N(C)C(C)C(=O)OC1CC(=O)N(C)c2cc(cc(C)c2Cl)C/C(C)=C/C=C/C(C)C2(O)CC(OC(=O)N2)C2OC12C. The largest absolute Gasteiger partial charge is 0.457 e. The molecule has 4 amide bonds. The van der Waals surface area contributed by atoms with Crippen molar-refractivity contribution in [2.24, 2.45) is 5.92 Å². The van der Waals surface area contributed by atoms with Crippen LogP contribution >= 0.6 is 33.2 Å². The minimum Gasteiger partial charge on any atom is -0.457 e. The summed E-state index contributed by atoms with van der Waals surface area (Å²) in [6.07, 6.45) is 3.38. The molecule has 55 heavy (non-hydrogen) atoms. The molecule has 8 unspecified atom stereocenters. The van der Waals surface area contributed by atoms with Crippen LogP contribution in [0.3, 0.4) is 0 Å². The van der Waals surface area contributed by atoms with E-state index in [-0.39, 0.29) is 36.3 Å². The lowest BCUT2D eigenvalue weighted by molar-refractivity contribution is -0.162. The molecule has 3 aliphatic rings. The van der Waals surface area contributed by atoms with Crippen LogP contribution < -0.4 is 15.5 Å². The number of amides is 4. The quantitative estimate of drug-likeness (QED) is 0.112. The first kappa shape index (κ1) is 44.5. The number of hydrogen-bond acceptors (Lipinski definition) is 11. The number of anilines is 1. The Morgan fingerprint density at radius 3 is 2.62 bits per heavy atom. The van der Waals surface area contributed by atoms with E-state index in [1.165, 1.54) is 27.6 Å². The molecule has 304 valence electrons. The topological polar surface area (TPSA) is 167 Å². The molecule has 0 radical (unpaired) electrons. The maximum atomic E-state index is 14.1. The Labute approximate surface area is 337 Å². The number of benzene rings is 1.